The van der Waals surface area contributed by atoms with E-state index in [2.05, 4.69) is 4.98 Å². The van der Waals surface area contributed by atoms with Gasteiger partial charge in [0, 0.05) is 12.1 Å². The summed E-state index contributed by atoms with van der Waals surface area (Å²) in [5.41, 5.74) is 6.08. The maximum Gasteiger partial charge on any atom is 0.250 e. The van der Waals surface area contributed by atoms with Gasteiger partial charge in [-0.2, -0.15) is 0 Å². The molecule has 4 nitrogen and oxygen atoms in total. The van der Waals surface area contributed by atoms with Gasteiger partial charge in [0.1, 0.15) is 0 Å². The van der Waals surface area contributed by atoms with Crippen LogP contribution in [-0.2, 0) is 0 Å². The third kappa shape index (κ3) is 2.03. The van der Waals surface area contributed by atoms with Crippen molar-refractivity contribution in [3.05, 3.63) is 29.6 Å². The lowest BCUT2D eigenvalue weighted by molar-refractivity contribution is 0.0998. The van der Waals surface area contributed by atoms with Crippen LogP contribution < -0.4 is 5.73 Å². The predicted octanol–water partition coefficient (Wildman–Crippen LogP) is 0.276. The van der Waals surface area contributed by atoms with Crippen LogP contribution in [0.4, 0.5) is 0 Å². The third-order valence-electron chi connectivity index (χ3n) is 1.84. The van der Waals surface area contributed by atoms with E-state index < -0.39 is 5.91 Å². The van der Waals surface area contributed by atoms with Gasteiger partial charge in [0.25, 0.3) is 5.91 Å². The highest BCUT2D eigenvalue weighted by Crippen LogP contribution is 2.15. The van der Waals surface area contributed by atoms with E-state index in [4.69, 9.17) is 10.8 Å². The molecule has 0 aliphatic heterocycles. The first-order chi connectivity index (χ1) is 6.16. The fourth-order valence-corrected chi connectivity index (χ4v) is 1.11. The first-order valence-electron chi connectivity index (χ1n) is 4.02. The van der Waals surface area contributed by atoms with Gasteiger partial charge < -0.3 is 10.8 Å². The molecule has 1 amide bonds. The fraction of sp³-hybridized carbons (Fsp3) is 0.333. The summed E-state index contributed by atoms with van der Waals surface area (Å²) in [5, 5.41) is 8.90. The Hall–Kier alpha value is -1.42. The number of aliphatic hydroxyl groups excluding tert-OH is 1. The summed E-state index contributed by atoms with van der Waals surface area (Å²) in [7, 11) is 0. The first kappa shape index (κ1) is 9.67. The third-order valence-corrected chi connectivity index (χ3v) is 1.84. The Morgan fingerprint density at radius 2 is 2.46 bits per heavy atom. The van der Waals surface area contributed by atoms with Gasteiger partial charge in [-0.05, 0) is 12.1 Å². The molecule has 0 aliphatic rings. The SMILES string of the molecule is C[C@H](CO)c1ncccc1C(N)=O. The van der Waals surface area contributed by atoms with Crippen molar-refractivity contribution in [1.29, 1.82) is 0 Å². The molecule has 0 fully saturated rings. The molecule has 1 atom stereocenters. The quantitative estimate of drug-likeness (QED) is 0.701. The molecule has 0 bridgehead atoms. The number of amides is 1. The number of primary amides is 1. The molecule has 13 heavy (non-hydrogen) atoms. The number of hydrogen-bond acceptors (Lipinski definition) is 3. The van der Waals surface area contributed by atoms with Gasteiger partial charge in [-0.25, -0.2) is 0 Å². The Kier molecular flexibility index (Phi) is 2.97. The molecule has 70 valence electrons. The van der Waals surface area contributed by atoms with Crippen molar-refractivity contribution in [1.82, 2.24) is 4.98 Å². The summed E-state index contributed by atoms with van der Waals surface area (Å²) < 4.78 is 0. The van der Waals surface area contributed by atoms with Gasteiger partial charge in [0.05, 0.1) is 17.9 Å². The zero-order valence-corrected chi connectivity index (χ0v) is 7.40. The highest BCUT2D eigenvalue weighted by atomic mass is 16.3. The van der Waals surface area contributed by atoms with Crippen LogP contribution in [0.25, 0.3) is 0 Å². The minimum Gasteiger partial charge on any atom is -0.396 e. The predicted molar refractivity (Wildman–Crippen MR) is 48.3 cm³/mol. The van der Waals surface area contributed by atoms with E-state index in [0.717, 1.165) is 0 Å². The van der Waals surface area contributed by atoms with Gasteiger partial charge in [-0.1, -0.05) is 6.92 Å². The molecule has 4 heteroatoms. The number of aromatic nitrogens is 1. The highest BCUT2D eigenvalue weighted by molar-refractivity contribution is 5.93. The maximum absolute atomic E-state index is 10.9. The summed E-state index contributed by atoms with van der Waals surface area (Å²) in [4.78, 5) is 15.0. The van der Waals surface area contributed by atoms with Crippen molar-refractivity contribution >= 4 is 5.91 Å². The van der Waals surface area contributed by atoms with E-state index in [1.807, 2.05) is 0 Å². The van der Waals surface area contributed by atoms with Crippen molar-refractivity contribution in [2.75, 3.05) is 6.61 Å². The number of pyridine rings is 1. The second-order valence-electron chi connectivity index (χ2n) is 2.88. The van der Waals surface area contributed by atoms with Crippen molar-refractivity contribution in [2.24, 2.45) is 5.73 Å². The Balaban J connectivity index is 3.11. The van der Waals surface area contributed by atoms with E-state index in [9.17, 15) is 4.79 Å². The minimum atomic E-state index is -0.511. The average Bonchev–Trinajstić information content (AvgIpc) is 2.16. The molecule has 0 saturated heterocycles. The van der Waals surface area contributed by atoms with Gasteiger partial charge in [0.2, 0.25) is 0 Å². The van der Waals surface area contributed by atoms with Gasteiger partial charge in [0.15, 0.2) is 0 Å². The first-order valence-corrected chi connectivity index (χ1v) is 4.02. The summed E-state index contributed by atoms with van der Waals surface area (Å²) >= 11 is 0. The summed E-state index contributed by atoms with van der Waals surface area (Å²) in [5.74, 6) is -0.674. The van der Waals surface area contributed by atoms with Crippen molar-refractivity contribution in [3.8, 4) is 0 Å². The van der Waals surface area contributed by atoms with E-state index in [1.165, 1.54) is 0 Å². The molecular formula is C9H12N2O2. The lowest BCUT2D eigenvalue weighted by atomic mass is 10.0. The van der Waals surface area contributed by atoms with Crippen LogP contribution >= 0.6 is 0 Å². The molecule has 0 radical (unpaired) electrons. The van der Waals surface area contributed by atoms with Crippen molar-refractivity contribution in [2.45, 2.75) is 12.8 Å². The number of carbonyl (C=O) groups excluding carboxylic acids is 1. The van der Waals surface area contributed by atoms with Crippen molar-refractivity contribution in [3.63, 3.8) is 0 Å². The van der Waals surface area contributed by atoms with Crippen LogP contribution in [0, 0.1) is 0 Å². The molecule has 1 aromatic rings. The topological polar surface area (TPSA) is 76.2 Å². The molecule has 0 saturated carbocycles. The molecular weight excluding hydrogens is 168 g/mol. The summed E-state index contributed by atoms with van der Waals surface area (Å²) in [6.07, 6.45) is 1.58. The largest absolute Gasteiger partial charge is 0.396 e. The van der Waals surface area contributed by atoms with Crippen LogP contribution in [0.1, 0.15) is 28.9 Å². The standard InChI is InChI=1S/C9H12N2O2/c1-6(5-12)8-7(9(10)13)3-2-4-11-8/h2-4,6,12H,5H2,1H3,(H2,10,13)/t6-/m1/s1. The van der Waals surface area contributed by atoms with E-state index >= 15 is 0 Å². The van der Waals surface area contributed by atoms with Crippen LogP contribution in [0.15, 0.2) is 18.3 Å². The number of nitrogens with zero attached hydrogens (tertiary/aromatic N) is 1. The van der Waals surface area contributed by atoms with Crippen molar-refractivity contribution < 1.29 is 9.90 Å². The number of rotatable bonds is 3. The Morgan fingerprint density at radius 3 is 3.00 bits per heavy atom. The summed E-state index contributed by atoms with van der Waals surface area (Å²) in [6.45, 7) is 1.74. The molecule has 1 heterocycles. The molecule has 0 spiro atoms. The smallest absolute Gasteiger partial charge is 0.250 e. The molecule has 0 aliphatic carbocycles. The lowest BCUT2D eigenvalue weighted by Crippen LogP contribution is -2.17. The number of carbonyl (C=O) groups is 1. The zero-order chi connectivity index (χ0) is 9.84. The molecule has 1 rings (SSSR count). The normalized spacial score (nSPS) is 12.5. The minimum absolute atomic E-state index is 0.0444. The molecule has 1 aromatic heterocycles. The number of aliphatic hydroxyl groups is 1. The van der Waals surface area contributed by atoms with Gasteiger partial charge >= 0.3 is 0 Å². The van der Waals surface area contributed by atoms with Crippen LogP contribution in [-0.4, -0.2) is 22.6 Å². The monoisotopic (exact) mass is 180 g/mol. The van der Waals surface area contributed by atoms with Crippen LogP contribution in [0.3, 0.4) is 0 Å². The zero-order valence-electron chi connectivity index (χ0n) is 7.40. The van der Waals surface area contributed by atoms with E-state index in [0.29, 0.717) is 11.3 Å². The molecule has 3 N–H and O–H groups in total. The molecule has 0 aromatic carbocycles. The number of nitrogens with two attached hydrogens (primary N) is 1. The lowest BCUT2D eigenvalue weighted by Gasteiger charge is -2.09. The van der Waals surface area contributed by atoms with Gasteiger partial charge in [-0.3, -0.25) is 9.78 Å². The Labute approximate surface area is 76.4 Å². The second kappa shape index (κ2) is 4.00. The summed E-state index contributed by atoms with van der Waals surface area (Å²) in [6, 6.07) is 3.25. The van der Waals surface area contributed by atoms with Crippen LogP contribution in [0.5, 0.6) is 0 Å². The van der Waals surface area contributed by atoms with Gasteiger partial charge in [-0.15, -0.1) is 0 Å². The Morgan fingerprint density at radius 1 is 1.77 bits per heavy atom. The fourth-order valence-electron chi connectivity index (χ4n) is 1.11. The van der Waals surface area contributed by atoms with E-state index in [1.54, 1.807) is 25.3 Å². The highest BCUT2D eigenvalue weighted by Gasteiger charge is 2.13. The average molecular weight is 180 g/mol. The molecule has 0 unspecified atom stereocenters. The van der Waals surface area contributed by atoms with E-state index in [-0.39, 0.29) is 12.5 Å². The Bertz CT molecular complexity index is 312. The number of hydrogen-bond donors (Lipinski definition) is 2. The second-order valence-corrected chi connectivity index (χ2v) is 2.88. The van der Waals surface area contributed by atoms with Crippen LogP contribution in [0.2, 0.25) is 0 Å². The maximum atomic E-state index is 10.9.